The van der Waals surface area contributed by atoms with E-state index in [0.29, 0.717) is 12.2 Å². The summed E-state index contributed by atoms with van der Waals surface area (Å²) in [6, 6.07) is 17.0. The molecule has 0 unspecified atom stereocenters. The highest BCUT2D eigenvalue weighted by atomic mass is 19.1. The van der Waals surface area contributed by atoms with E-state index in [1.807, 2.05) is 24.3 Å². The molecular formula is C21H20FN3O2. The number of carbonyl (C=O) groups excluding carboxylic acids is 1. The van der Waals surface area contributed by atoms with Crippen LogP contribution < -0.4 is 15.4 Å². The highest BCUT2D eigenvalue weighted by Gasteiger charge is 2.08. The minimum Gasteiger partial charge on any atom is -0.496 e. The number of benzene rings is 2. The fraction of sp³-hybridized carbons (Fsp3) is 0.143. The van der Waals surface area contributed by atoms with E-state index in [-0.39, 0.29) is 11.6 Å². The van der Waals surface area contributed by atoms with Crippen LogP contribution in [0.1, 0.15) is 16.1 Å². The molecule has 2 N–H and O–H groups in total. The summed E-state index contributed by atoms with van der Waals surface area (Å²) in [6.07, 6.45) is 2.40. The number of hydrogen-bond donors (Lipinski definition) is 2. The number of carbonyl (C=O) groups is 1. The van der Waals surface area contributed by atoms with Gasteiger partial charge >= 0.3 is 0 Å². The van der Waals surface area contributed by atoms with Crippen molar-refractivity contribution in [2.45, 2.75) is 6.42 Å². The second kappa shape index (κ2) is 8.80. The molecule has 138 valence electrons. The van der Waals surface area contributed by atoms with Crippen molar-refractivity contribution in [2.24, 2.45) is 0 Å². The highest BCUT2D eigenvalue weighted by Crippen LogP contribution is 2.18. The van der Waals surface area contributed by atoms with Gasteiger partial charge in [0, 0.05) is 12.2 Å². The Bertz CT molecular complexity index is 913. The molecule has 2 aromatic carbocycles. The Morgan fingerprint density at radius 1 is 1.07 bits per heavy atom. The number of aromatic nitrogens is 1. The minimum absolute atomic E-state index is 0.259. The number of pyridine rings is 1. The molecule has 6 heteroatoms. The molecular weight excluding hydrogens is 345 g/mol. The molecule has 0 aliphatic rings. The molecule has 0 aliphatic carbocycles. The molecule has 1 heterocycles. The van der Waals surface area contributed by atoms with Crippen molar-refractivity contribution < 1.29 is 13.9 Å². The number of rotatable bonds is 7. The van der Waals surface area contributed by atoms with Crippen molar-refractivity contribution in [3.05, 3.63) is 83.9 Å². The van der Waals surface area contributed by atoms with Crippen LogP contribution in [0, 0.1) is 5.82 Å². The second-order valence-corrected chi connectivity index (χ2v) is 5.89. The molecule has 0 saturated carbocycles. The van der Waals surface area contributed by atoms with Gasteiger partial charge < -0.3 is 15.4 Å². The molecule has 1 aromatic heterocycles. The first-order valence-corrected chi connectivity index (χ1v) is 8.54. The second-order valence-electron chi connectivity index (χ2n) is 5.89. The Hall–Kier alpha value is -3.41. The molecule has 3 aromatic rings. The lowest BCUT2D eigenvalue weighted by Crippen LogP contribution is -2.14. The number of nitrogens with one attached hydrogen (secondary N) is 2. The van der Waals surface area contributed by atoms with Gasteiger partial charge in [-0.15, -0.1) is 0 Å². The summed E-state index contributed by atoms with van der Waals surface area (Å²) in [4.78, 5) is 16.3. The zero-order valence-electron chi connectivity index (χ0n) is 14.9. The maximum atomic E-state index is 13.2. The Labute approximate surface area is 157 Å². The number of hydrogen-bond acceptors (Lipinski definition) is 4. The summed E-state index contributed by atoms with van der Waals surface area (Å²) < 4.78 is 18.5. The Balaban J connectivity index is 1.54. The summed E-state index contributed by atoms with van der Waals surface area (Å²) in [5.74, 6) is 0.0679. The molecule has 0 atom stereocenters. The van der Waals surface area contributed by atoms with Crippen LogP contribution in [-0.4, -0.2) is 24.5 Å². The summed E-state index contributed by atoms with van der Waals surface area (Å²) in [7, 11) is 1.66. The number of ether oxygens (including phenoxy) is 1. The zero-order valence-corrected chi connectivity index (χ0v) is 14.9. The van der Waals surface area contributed by atoms with Crippen molar-refractivity contribution >= 4 is 17.3 Å². The van der Waals surface area contributed by atoms with Gasteiger partial charge in [0.05, 0.1) is 19.0 Å². The lowest BCUT2D eigenvalue weighted by Gasteiger charge is -2.10. The topological polar surface area (TPSA) is 63.2 Å². The van der Waals surface area contributed by atoms with Crippen LogP contribution >= 0.6 is 0 Å². The Kier molecular flexibility index (Phi) is 5.99. The number of amides is 1. The van der Waals surface area contributed by atoms with E-state index in [1.54, 1.807) is 31.5 Å². The van der Waals surface area contributed by atoms with Gasteiger partial charge in [-0.2, -0.15) is 0 Å². The largest absolute Gasteiger partial charge is 0.496 e. The van der Waals surface area contributed by atoms with E-state index in [2.05, 4.69) is 15.6 Å². The number of nitrogens with zero attached hydrogens (tertiary/aromatic N) is 1. The van der Waals surface area contributed by atoms with Crippen LogP contribution in [0.2, 0.25) is 0 Å². The van der Waals surface area contributed by atoms with Crippen molar-refractivity contribution in [1.29, 1.82) is 0 Å². The SMILES string of the molecule is COc1ccccc1CCNc1ccc(C(=O)Nc2cccc(F)c2)nc1. The third kappa shape index (κ3) is 5.04. The van der Waals surface area contributed by atoms with Gasteiger partial charge in [-0.3, -0.25) is 4.79 Å². The minimum atomic E-state index is -0.407. The fourth-order valence-corrected chi connectivity index (χ4v) is 2.65. The first-order valence-electron chi connectivity index (χ1n) is 8.54. The van der Waals surface area contributed by atoms with Gasteiger partial charge in [0.1, 0.15) is 17.3 Å². The molecule has 0 fully saturated rings. The molecule has 0 aliphatic heterocycles. The van der Waals surface area contributed by atoms with Crippen LogP contribution in [0.25, 0.3) is 0 Å². The van der Waals surface area contributed by atoms with E-state index in [9.17, 15) is 9.18 Å². The normalized spacial score (nSPS) is 10.3. The third-order valence-corrected chi connectivity index (χ3v) is 3.99. The average molecular weight is 365 g/mol. The maximum absolute atomic E-state index is 13.2. The van der Waals surface area contributed by atoms with Gasteiger partial charge in [-0.25, -0.2) is 9.37 Å². The van der Waals surface area contributed by atoms with E-state index in [1.165, 1.54) is 18.2 Å². The standard InChI is InChI=1S/C21H20FN3O2/c1-27-20-8-3-2-5-15(20)11-12-23-18-9-10-19(24-14-18)21(26)25-17-7-4-6-16(22)13-17/h2-10,13-14,23H,11-12H2,1H3,(H,25,26). The lowest BCUT2D eigenvalue weighted by atomic mass is 10.1. The van der Waals surface area contributed by atoms with E-state index < -0.39 is 5.82 Å². The number of halogens is 1. The van der Waals surface area contributed by atoms with Crippen LogP contribution in [-0.2, 0) is 6.42 Å². The fourth-order valence-electron chi connectivity index (χ4n) is 2.65. The van der Waals surface area contributed by atoms with Gasteiger partial charge in [0.15, 0.2) is 0 Å². The predicted molar refractivity (Wildman–Crippen MR) is 104 cm³/mol. The highest BCUT2D eigenvalue weighted by molar-refractivity contribution is 6.02. The molecule has 0 radical (unpaired) electrons. The van der Waals surface area contributed by atoms with Crippen molar-refractivity contribution in [2.75, 3.05) is 24.3 Å². The lowest BCUT2D eigenvalue weighted by molar-refractivity contribution is 0.102. The van der Waals surface area contributed by atoms with Gasteiger partial charge in [-0.05, 0) is 48.4 Å². The average Bonchev–Trinajstić information content (AvgIpc) is 2.69. The molecule has 0 bridgehead atoms. The zero-order chi connectivity index (χ0) is 19.1. The quantitative estimate of drug-likeness (QED) is 0.661. The van der Waals surface area contributed by atoms with Crippen LogP contribution in [0.15, 0.2) is 66.9 Å². The number of methoxy groups -OCH3 is 1. The van der Waals surface area contributed by atoms with Crippen molar-refractivity contribution in [3.8, 4) is 5.75 Å². The maximum Gasteiger partial charge on any atom is 0.274 e. The predicted octanol–water partition coefficient (Wildman–Crippen LogP) is 4.14. The monoisotopic (exact) mass is 365 g/mol. The first kappa shape index (κ1) is 18.4. The summed E-state index contributed by atoms with van der Waals surface area (Å²) in [6.45, 7) is 0.705. The van der Waals surface area contributed by atoms with Gasteiger partial charge in [-0.1, -0.05) is 24.3 Å². The van der Waals surface area contributed by atoms with Crippen LogP contribution in [0.3, 0.4) is 0 Å². The first-order chi connectivity index (χ1) is 13.2. The van der Waals surface area contributed by atoms with E-state index in [4.69, 9.17) is 4.74 Å². The Morgan fingerprint density at radius 3 is 2.67 bits per heavy atom. The van der Waals surface area contributed by atoms with Crippen molar-refractivity contribution in [1.82, 2.24) is 4.98 Å². The number of para-hydroxylation sites is 1. The molecule has 0 saturated heterocycles. The van der Waals surface area contributed by atoms with Gasteiger partial charge in [0.25, 0.3) is 5.91 Å². The van der Waals surface area contributed by atoms with Crippen molar-refractivity contribution in [3.63, 3.8) is 0 Å². The van der Waals surface area contributed by atoms with E-state index in [0.717, 1.165) is 23.4 Å². The number of anilines is 2. The summed E-state index contributed by atoms with van der Waals surface area (Å²) in [5, 5.41) is 5.89. The summed E-state index contributed by atoms with van der Waals surface area (Å²) >= 11 is 0. The molecule has 27 heavy (non-hydrogen) atoms. The molecule has 3 rings (SSSR count). The van der Waals surface area contributed by atoms with Crippen LogP contribution in [0.5, 0.6) is 5.75 Å². The molecule has 1 amide bonds. The molecule has 0 spiro atoms. The Morgan fingerprint density at radius 2 is 1.93 bits per heavy atom. The summed E-state index contributed by atoms with van der Waals surface area (Å²) in [5.41, 5.74) is 2.58. The third-order valence-electron chi connectivity index (χ3n) is 3.99. The smallest absolute Gasteiger partial charge is 0.274 e. The van der Waals surface area contributed by atoms with Crippen LogP contribution in [0.4, 0.5) is 15.8 Å². The van der Waals surface area contributed by atoms with Gasteiger partial charge in [0.2, 0.25) is 0 Å². The van der Waals surface area contributed by atoms with E-state index >= 15 is 0 Å². The molecule has 5 nitrogen and oxygen atoms in total.